The molecule has 5 heteroatoms. The molecule has 0 saturated carbocycles. The summed E-state index contributed by atoms with van der Waals surface area (Å²) in [5.74, 6) is 0. The molecule has 1 unspecified atom stereocenters. The molecule has 86 valence electrons. The molecule has 2 heterocycles. The number of nitrogens with one attached hydrogen (secondary N) is 1. The van der Waals surface area contributed by atoms with Gasteiger partial charge in [-0.2, -0.15) is 5.10 Å². The highest BCUT2D eigenvalue weighted by molar-refractivity contribution is 7.09. The van der Waals surface area contributed by atoms with E-state index < -0.39 is 0 Å². The quantitative estimate of drug-likeness (QED) is 0.781. The van der Waals surface area contributed by atoms with Crippen molar-refractivity contribution in [2.75, 3.05) is 6.54 Å². The van der Waals surface area contributed by atoms with Crippen molar-refractivity contribution in [3.05, 3.63) is 35.0 Å². The molecule has 0 aliphatic rings. The lowest BCUT2D eigenvalue weighted by Gasteiger charge is -2.11. The number of rotatable bonds is 6. The van der Waals surface area contributed by atoms with Crippen LogP contribution in [-0.4, -0.2) is 21.3 Å². The van der Waals surface area contributed by atoms with E-state index in [0.717, 1.165) is 19.5 Å². The molecule has 0 radical (unpaired) electrons. The molecule has 1 atom stereocenters. The number of nitrogens with zero attached hydrogens (tertiary/aromatic N) is 3. The summed E-state index contributed by atoms with van der Waals surface area (Å²) in [6, 6.07) is 2.35. The van der Waals surface area contributed by atoms with E-state index in [-0.39, 0.29) is 0 Å². The second-order valence-electron chi connectivity index (χ2n) is 3.70. The van der Waals surface area contributed by atoms with Gasteiger partial charge in [0.15, 0.2) is 0 Å². The van der Waals surface area contributed by atoms with E-state index in [4.69, 9.17) is 0 Å². The third kappa shape index (κ3) is 3.15. The maximum Gasteiger partial charge on any atom is 0.0794 e. The molecule has 0 saturated heterocycles. The number of aryl methyl sites for hydroxylation is 1. The van der Waals surface area contributed by atoms with Crippen molar-refractivity contribution < 1.29 is 0 Å². The van der Waals surface area contributed by atoms with E-state index in [2.05, 4.69) is 22.3 Å². The van der Waals surface area contributed by atoms with Crippen LogP contribution in [0.3, 0.4) is 0 Å². The highest BCUT2D eigenvalue weighted by Gasteiger charge is 2.05. The molecule has 2 aromatic heterocycles. The normalized spacial score (nSPS) is 12.8. The van der Waals surface area contributed by atoms with Crippen LogP contribution >= 0.6 is 11.3 Å². The summed E-state index contributed by atoms with van der Waals surface area (Å²) in [5, 5.41) is 7.64. The van der Waals surface area contributed by atoms with Gasteiger partial charge in [-0.15, -0.1) is 11.3 Å². The van der Waals surface area contributed by atoms with Crippen molar-refractivity contribution in [2.24, 2.45) is 0 Å². The second kappa shape index (κ2) is 5.77. The predicted octanol–water partition coefficient (Wildman–Crippen LogP) is 2.08. The first-order valence-electron chi connectivity index (χ1n) is 5.45. The minimum atomic E-state index is 0.394. The molecular formula is C11H16N4S. The van der Waals surface area contributed by atoms with Crippen LogP contribution < -0.4 is 5.32 Å². The van der Waals surface area contributed by atoms with Crippen molar-refractivity contribution in [2.45, 2.75) is 25.9 Å². The lowest BCUT2D eigenvalue weighted by Crippen LogP contribution is -2.20. The van der Waals surface area contributed by atoms with Gasteiger partial charge < -0.3 is 5.32 Å². The van der Waals surface area contributed by atoms with Crippen molar-refractivity contribution in [1.29, 1.82) is 0 Å². The number of thiazole rings is 1. The Morgan fingerprint density at radius 2 is 2.50 bits per heavy atom. The molecule has 1 N–H and O–H groups in total. The second-order valence-corrected chi connectivity index (χ2v) is 4.62. The lowest BCUT2D eigenvalue weighted by atomic mass is 10.3. The number of aromatic nitrogens is 3. The maximum absolute atomic E-state index is 4.16. The summed E-state index contributed by atoms with van der Waals surface area (Å²) in [7, 11) is 0. The molecule has 2 rings (SSSR count). The molecule has 0 spiro atoms. The van der Waals surface area contributed by atoms with Crippen molar-refractivity contribution in [1.82, 2.24) is 20.1 Å². The molecule has 0 fully saturated rings. The first-order valence-corrected chi connectivity index (χ1v) is 6.33. The summed E-state index contributed by atoms with van der Waals surface area (Å²) in [4.78, 5) is 5.37. The zero-order valence-corrected chi connectivity index (χ0v) is 10.2. The molecule has 0 aliphatic heterocycles. The monoisotopic (exact) mass is 236 g/mol. The Morgan fingerprint density at radius 3 is 3.19 bits per heavy atom. The minimum absolute atomic E-state index is 0.394. The van der Waals surface area contributed by atoms with Crippen LogP contribution in [0.2, 0.25) is 0 Å². The predicted molar refractivity (Wildman–Crippen MR) is 65.4 cm³/mol. The summed E-state index contributed by atoms with van der Waals surface area (Å²) >= 11 is 1.70. The van der Waals surface area contributed by atoms with Gasteiger partial charge in [0.05, 0.1) is 5.51 Å². The maximum atomic E-state index is 4.16. The highest BCUT2D eigenvalue weighted by Crippen LogP contribution is 2.15. The third-order valence-electron chi connectivity index (χ3n) is 2.45. The molecule has 4 nitrogen and oxygen atoms in total. The molecule has 0 bridgehead atoms. The fourth-order valence-corrected chi connectivity index (χ4v) is 2.19. The standard InChI is InChI=1S/C11H16N4S/c1-10(11-8-12-9-16-11)13-4-2-6-15-7-3-5-14-15/h3,5,7-10,13H,2,4,6H2,1H3. The van der Waals surface area contributed by atoms with Gasteiger partial charge in [-0.3, -0.25) is 9.67 Å². The zero-order valence-electron chi connectivity index (χ0n) is 9.34. The average Bonchev–Trinajstić information content (AvgIpc) is 2.96. The summed E-state index contributed by atoms with van der Waals surface area (Å²) in [6.07, 6.45) is 6.82. The molecule has 0 aromatic carbocycles. The van der Waals surface area contributed by atoms with E-state index in [1.807, 2.05) is 34.8 Å². The topological polar surface area (TPSA) is 42.7 Å². The zero-order chi connectivity index (χ0) is 11.2. The van der Waals surface area contributed by atoms with E-state index in [0.29, 0.717) is 6.04 Å². The van der Waals surface area contributed by atoms with Crippen molar-refractivity contribution in [3.8, 4) is 0 Å². The minimum Gasteiger partial charge on any atom is -0.309 e. The van der Waals surface area contributed by atoms with Crippen molar-refractivity contribution in [3.63, 3.8) is 0 Å². The van der Waals surface area contributed by atoms with Gasteiger partial charge in [-0.1, -0.05) is 0 Å². The van der Waals surface area contributed by atoms with Gasteiger partial charge in [0.1, 0.15) is 0 Å². The molecule has 0 amide bonds. The van der Waals surface area contributed by atoms with Gasteiger partial charge in [0.2, 0.25) is 0 Å². The fraction of sp³-hybridized carbons (Fsp3) is 0.455. The lowest BCUT2D eigenvalue weighted by molar-refractivity contribution is 0.510. The van der Waals surface area contributed by atoms with Crippen LogP contribution in [0.15, 0.2) is 30.2 Å². The van der Waals surface area contributed by atoms with Gasteiger partial charge in [0, 0.05) is 36.1 Å². The van der Waals surface area contributed by atoms with Crippen LogP contribution in [0.4, 0.5) is 0 Å². The molecule has 16 heavy (non-hydrogen) atoms. The Bertz CT molecular complexity index is 382. The molecular weight excluding hydrogens is 220 g/mol. The molecule has 2 aromatic rings. The Kier molecular flexibility index (Phi) is 4.07. The third-order valence-corrected chi connectivity index (χ3v) is 3.41. The summed E-state index contributed by atoms with van der Waals surface area (Å²) in [5.41, 5.74) is 1.87. The van der Waals surface area contributed by atoms with E-state index in [1.54, 1.807) is 11.3 Å². The van der Waals surface area contributed by atoms with E-state index in [9.17, 15) is 0 Å². The van der Waals surface area contributed by atoms with Crippen LogP contribution in [-0.2, 0) is 6.54 Å². The number of hydrogen-bond donors (Lipinski definition) is 1. The largest absolute Gasteiger partial charge is 0.309 e. The summed E-state index contributed by atoms with van der Waals surface area (Å²) < 4.78 is 1.96. The first-order chi connectivity index (χ1) is 7.86. The van der Waals surface area contributed by atoms with Crippen LogP contribution in [0, 0.1) is 0 Å². The number of hydrogen-bond acceptors (Lipinski definition) is 4. The Labute approximate surface area is 99.3 Å². The first kappa shape index (κ1) is 11.3. The molecule has 0 aliphatic carbocycles. The Balaban J connectivity index is 1.65. The van der Waals surface area contributed by atoms with E-state index >= 15 is 0 Å². The van der Waals surface area contributed by atoms with Gasteiger partial charge >= 0.3 is 0 Å². The van der Waals surface area contributed by atoms with E-state index in [1.165, 1.54) is 4.88 Å². The average molecular weight is 236 g/mol. The van der Waals surface area contributed by atoms with Gasteiger partial charge in [-0.25, -0.2) is 0 Å². The smallest absolute Gasteiger partial charge is 0.0794 e. The highest BCUT2D eigenvalue weighted by atomic mass is 32.1. The van der Waals surface area contributed by atoms with Gasteiger partial charge in [0.25, 0.3) is 0 Å². The van der Waals surface area contributed by atoms with Crippen LogP contribution in [0.5, 0.6) is 0 Å². The SMILES string of the molecule is CC(NCCCn1cccn1)c1cncs1. The van der Waals surface area contributed by atoms with Gasteiger partial charge in [-0.05, 0) is 26.0 Å². The summed E-state index contributed by atoms with van der Waals surface area (Å²) in [6.45, 7) is 4.13. The Morgan fingerprint density at radius 1 is 1.56 bits per heavy atom. The van der Waals surface area contributed by atoms with Crippen molar-refractivity contribution >= 4 is 11.3 Å². The fourth-order valence-electron chi connectivity index (χ4n) is 1.53. The van der Waals surface area contributed by atoms with Crippen LogP contribution in [0.1, 0.15) is 24.3 Å². The Hall–Kier alpha value is -1.20. The van der Waals surface area contributed by atoms with Crippen LogP contribution in [0.25, 0.3) is 0 Å².